The molecular formula is C17H26N6O2. The molecule has 1 amide bonds. The van der Waals surface area contributed by atoms with E-state index in [9.17, 15) is 4.79 Å². The van der Waals surface area contributed by atoms with Crippen LogP contribution in [0.5, 0.6) is 0 Å². The Balaban J connectivity index is 1.45. The van der Waals surface area contributed by atoms with E-state index in [2.05, 4.69) is 25.5 Å². The van der Waals surface area contributed by atoms with Gasteiger partial charge in [0.05, 0.1) is 5.69 Å². The molecular weight excluding hydrogens is 320 g/mol. The number of nitrogens with one attached hydrogen (secondary N) is 1. The number of nitrogens with zero attached hydrogens (tertiary/aromatic N) is 5. The molecule has 0 bridgehead atoms. The van der Waals surface area contributed by atoms with Crippen LogP contribution in [0.2, 0.25) is 0 Å². The van der Waals surface area contributed by atoms with E-state index < -0.39 is 0 Å². The van der Waals surface area contributed by atoms with Crippen molar-refractivity contribution in [3.05, 3.63) is 17.7 Å². The molecule has 136 valence electrons. The fraction of sp³-hybridized carbons (Fsp3) is 0.647. The van der Waals surface area contributed by atoms with Crippen molar-refractivity contribution in [1.29, 1.82) is 0 Å². The van der Waals surface area contributed by atoms with Crippen LogP contribution in [-0.4, -0.2) is 57.0 Å². The second-order valence-corrected chi connectivity index (χ2v) is 6.39. The van der Waals surface area contributed by atoms with Gasteiger partial charge < -0.3 is 14.6 Å². The summed E-state index contributed by atoms with van der Waals surface area (Å²) in [4.78, 5) is 14.3. The molecule has 8 nitrogen and oxygen atoms in total. The second-order valence-electron chi connectivity index (χ2n) is 6.39. The third kappa shape index (κ3) is 4.66. The highest BCUT2D eigenvalue weighted by Gasteiger charge is 2.15. The predicted molar refractivity (Wildman–Crippen MR) is 92.9 cm³/mol. The standard InChI is InChI=1S/C17H26N6O2/c1-3-23-14(12-13(2)21-23)17-20-19-16(25-17)7-6-15(24)18-8-11-22-9-4-5-10-22/h12H,3-11H2,1-2H3,(H,18,24). The van der Waals surface area contributed by atoms with Gasteiger partial charge in [0.15, 0.2) is 0 Å². The van der Waals surface area contributed by atoms with Gasteiger partial charge in [0.25, 0.3) is 5.89 Å². The van der Waals surface area contributed by atoms with Gasteiger partial charge in [-0.3, -0.25) is 9.48 Å². The Morgan fingerprint density at radius 2 is 2.12 bits per heavy atom. The number of hydrogen-bond acceptors (Lipinski definition) is 6. The maximum absolute atomic E-state index is 11.9. The minimum Gasteiger partial charge on any atom is -0.419 e. The topological polar surface area (TPSA) is 89.1 Å². The SMILES string of the molecule is CCn1nc(C)cc1-c1nnc(CCC(=O)NCCN2CCCC2)o1. The molecule has 0 spiro atoms. The summed E-state index contributed by atoms with van der Waals surface area (Å²) in [5, 5.41) is 15.5. The van der Waals surface area contributed by atoms with Crippen LogP contribution in [0.1, 0.15) is 37.8 Å². The molecule has 0 atom stereocenters. The first-order valence-electron chi connectivity index (χ1n) is 9.02. The number of likely N-dealkylation sites (tertiary alicyclic amines) is 1. The number of aryl methyl sites for hydroxylation is 3. The van der Waals surface area contributed by atoms with Crippen LogP contribution >= 0.6 is 0 Å². The number of amides is 1. The molecule has 1 fully saturated rings. The highest BCUT2D eigenvalue weighted by atomic mass is 16.4. The van der Waals surface area contributed by atoms with Crippen LogP contribution in [0.25, 0.3) is 11.6 Å². The van der Waals surface area contributed by atoms with Gasteiger partial charge in [0.1, 0.15) is 5.69 Å². The number of carbonyl (C=O) groups is 1. The van der Waals surface area contributed by atoms with Crippen molar-refractivity contribution in [3.63, 3.8) is 0 Å². The van der Waals surface area contributed by atoms with Gasteiger partial charge >= 0.3 is 0 Å². The van der Waals surface area contributed by atoms with Crippen molar-refractivity contribution in [1.82, 2.24) is 30.2 Å². The lowest BCUT2D eigenvalue weighted by molar-refractivity contribution is -0.121. The molecule has 0 radical (unpaired) electrons. The molecule has 0 saturated carbocycles. The van der Waals surface area contributed by atoms with Crippen molar-refractivity contribution in [2.75, 3.05) is 26.2 Å². The molecule has 2 aromatic rings. The van der Waals surface area contributed by atoms with E-state index >= 15 is 0 Å². The summed E-state index contributed by atoms with van der Waals surface area (Å²) in [5.74, 6) is 0.950. The molecule has 25 heavy (non-hydrogen) atoms. The number of aromatic nitrogens is 4. The Bertz CT molecular complexity index is 702. The fourth-order valence-electron chi connectivity index (χ4n) is 3.09. The van der Waals surface area contributed by atoms with Crippen LogP contribution in [-0.2, 0) is 17.8 Å². The molecule has 1 N–H and O–H groups in total. The van der Waals surface area contributed by atoms with Crippen molar-refractivity contribution >= 4 is 5.91 Å². The summed E-state index contributed by atoms with van der Waals surface area (Å²) in [5.41, 5.74) is 1.72. The van der Waals surface area contributed by atoms with E-state index in [1.54, 1.807) is 0 Å². The summed E-state index contributed by atoms with van der Waals surface area (Å²) < 4.78 is 7.52. The minimum absolute atomic E-state index is 0.0217. The minimum atomic E-state index is 0.0217. The molecule has 3 rings (SSSR count). The van der Waals surface area contributed by atoms with E-state index in [1.165, 1.54) is 12.8 Å². The Labute approximate surface area is 147 Å². The van der Waals surface area contributed by atoms with E-state index in [4.69, 9.17) is 4.42 Å². The summed E-state index contributed by atoms with van der Waals surface area (Å²) in [6.45, 7) is 8.60. The highest BCUT2D eigenvalue weighted by molar-refractivity contribution is 5.76. The van der Waals surface area contributed by atoms with Crippen LogP contribution < -0.4 is 5.32 Å². The maximum Gasteiger partial charge on any atom is 0.265 e. The third-order valence-electron chi connectivity index (χ3n) is 4.40. The highest BCUT2D eigenvalue weighted by Crippen LogP contribution is 2.19. The zero-order chi connectivity index (χ0) is 17.6. The maximum atomic E-state index is 11.9. The normalized spacial score (nSPS) is 15.0. The van der Waals surface area contributed by atoms with E-state index in [-0.39, 0.29) is 5.91 Å². The van der Waals surface area contributed by atoms with E-state index in [0.717, 1.165) is 37.6 Å². The number of carbonyl (C=O) groups excluding carboxylic acids is 1. The van der Waals surface area contributed by atoms with Crippen LogP contribution in [0, 0.1) is 6.92 Å². The fourth-order valence-corrected chi connectivity index (χ4v) is 3.09. The monoisotopic (exact) mass is 346 g/mol. The van der Waals surface area contributed by atoms with Crippen molar-refractivity contribution < 1.29 is 9.21 Å². The second kappa shape index (κ2) is 8.24. The number of rotatable bonds is 8. The predicted octanol–water partition coefficient (Wildman–Crippen LogP) is 1.41. The molecule has 0 aromatic carbocycles. The molecule has 0 aliphatic carbocycles. The van der Waals surface area contributed by atoms with Gasteiger partial charge in [-0.2, -0.15) is 5.10 Å². The van der Waals surface area contributed by atoms with Crippen molar-refractivity contribution in [3.8, 4) is 11.6 Å². The van der Waals surface area contributed by atoms with Gasteiger partial charge in [-0.25, -0.2) is 0 Å². The Hall–Kier alpha value is -2.22. The van der Waals surface area contributed by atoms with Crippen LogP contribution in [0.15, 0.2) is 10.5 Å². The zero-order valence-corrected chi connectivity index (χ0v) is 15.0. The Morgan fingerprint density at radius 1 is 1.32 bits per heavy atom. The van der Waals surface area contributed by atoms with Crippen LogP contribution in [0.4, 0.5) is 0 Å². The quantitative estimate of drug-likeness (QED) is 0.777. The van der Waals surface area contributed by atoms with E-state index in [0.29, 0.717) is 31.2 Å². The Morgan fingerprint density at radius 3 is 2.88 bits per heavy atom. The average Bonchev–Trinajstić information content (AvgIpc) is 3.33. The molecule has 8 heteroatoms. The molecule has 0 unspecified atom stereocenters. The average molecular weight is 346 g/mol. The lowest BCUT2D eigenvalue weighted by Gasteiger charge is -2.14. The molecule has 3 heterocycles. The van der Waals surface area contributed by atoms with Gasteiger partial charge in [0.2, 0.25) is 11.8 Å². The third-order valence-corrected chi connectivity index (χ3v) is 4.40. The lowest BCUT2D eigenvalue weighted by atomic mass is 10.3. The summed E-state index contributed by atoms with van der Waals surface area (Å²) >= 11 is 0. The summed E-state index contributed by atoms with van der Waals surface area (Å²) in [6, 6.07) is 1.92. The molecule has 2 aromatic heterocycles. The van der Waals surface area contributed by atoms with Gasteiger partial charge in [-0.05, 0) is 45.8 Å². The van der Waals surface area contributed by atoms with Gasteiger partial charge in [0, 0.05) is 32.5 Å². The number of hydrogen-bond donors (Lipinski definition) is 1. The van der Waals surface area contributed by atoms with Gasteiger partial charge in [-0.1, -0.05) is 0 Å². The van der Waals surface area contributed by atoms with Crippen molar-refractivity contribution in [2.24, 2.45) is 0 Å². The Kier molecular flexibility index (Phi) is 5.80. The largest absolute Gasteiger partial charge is 0.419 e. The first-order chi connectivity index (χ1) is 12.2. The van der Waals surface area contributed by atoms with Crippen LogP contribution in [0.3, 0.4) is 0 Å². The van der Waals surface area contributed by atoms with Crippen molar-refractivity contribution in [2.45, 2.75) is 46.1 Å². The molecule has 1 saturated heterocycles. The smallest absolute Gasteiger partial charge is 0.265 e. The summed E-state index contributed by atoms with van der Waals surface area (Å²) in [7, 11) is 0. The van der Waals surface area contributed by atoms with E-state index in [1.807, 2.05) is 24.6 Å². The van der Waals surface area contributed by atoms with Gasteiger partial charge in [-0.15, -0.1) is 10.2 Å². The molecule has 1 aliphatic heterocycles. The zero-order valence-electron chi connectivity index (χ0n) is 15.0. The summed E-state index contributed by atoms with van der Waals surface area (Å²) in [6.07, 6.45) is 3.34. The lowest BCUT2D eigenvalue weighted by Crippen LogP contribution is -2.33. The first-order valence-corrected chi connectivity index (χ1v) is 9.02. The molecule has 1 aliphatic rings. The first kappa shape index (κ1) is 17.6.